The van der Waals surface area contributed by atoms with Gasteiger partial charge >= 0.3 is 5.97 Å². The number of nitrogens with one attached hydrogen (secondary N) is 1. The molecule has 3 heterocycles. The quantitative estimate of drug-likeness (QED) is 0.0349. The van der Waals surface area contributed by atoms with Gasteiger partial charge in [0.2, 0.25) is 12.5 Å². The maximum atomic E-state index is 12.2. The maximum Gasteiger partial charge on any atom is 0.346 e. The van der Waals surface area contributed by atoms with E-state index in [0.29, 0.717) is 6.21 Å². The van der Waals surface area contributed by atoms with Crippen LogP contribution < -0.4 is 5.32 Å². The van der Waals surface area contributed by atoms with E-state index < -0.39 is 155 Å². The van der Waals surface area contributed by atoms with Crippen LogP contribution in [0.5, 0.6) is 0 Å². The van der Waals surface area contributed by atoms with Gasteiger partial charge in [-0.05, 0) is 6.42 Å². The first kappa shape index (κ1) is 45.1. The summed E-state index contributed by atoms with van der Waals surface area (Å²) in [6.45, 7) is -2.81. The minimum atomic E-state index is -2.02. The topological polar surface area (TPSA) is 375 Å². The van der Waals surface area contributed by atoms with Crippen molar-refractivity contribution in [3.63, 3.8) is 0 Å². The van der Waals surface area contributed by atoms with Gasteiger partial charge in [-0.25, -0.2) is 4.79 Å². The standard InChI is InChI=1S/C29H50N2O22/c1-10(36)31-17-21(42)25(52-28-23(44)22(43)19(40)13(6-33)49-28)15(8-35)51-27(17)53-26-20(41)14(7-34)50-29(24(26)45)48-12(3-4-32)18(39)11(37)5-30-47-9-16(38)46-2/h5,11-15,17-29,32-35,37,39-45H,3-4,6-9H2,1-2H3,(H,31,36)/b30-5+/t11?,12-,13?,14?,15?,17?,18?,19+,20+,21?,22?,23?,24?,25-,26?,27+,28+,29-/m1/s1. The number of hydrogen-bond donors (Lipinski definition) is 13. The van der Waals surface area contributed by atoms with Crippen LogP contribution in [0, 0.1) is 0 Å². The lowest BCUT2D eigenvalue weighted by Gasteiger charge is -2.49. The second kappa shape index (κ2) is 21.1. The molecule has 3 saturated heterocycles. The summed E-state index contributed by atoms with van der Waals surface area (Å²) in [6, 6.07) is -1.63. The monoisotopic (exact) mass is 778 g/mol. The van der Waals surface area contributed by atoms with Gasteiger partial charge in [0.1, 0.15) is 85.4 Å². The predicted octanol–water partition coefficient (Wildman–Crippen LogP) is -8.76. The molecule has 1 amide bonds. The lowest BCUT2D eigenvalue weighted by molar-refractivity contribution is -0.371. The second-order valence-electron chi connectivity index (χ2n) is 12.3. The highest BCUT2D eigenvalue weighted by Gasteiger charge is 2.54. The number of nitrogens with zero attached hydrogens (tertiary/aromatic N) is 1. The fourth-order valence-corrected chi connectivity index (χ4v) is 5.74. The highest BCUT2D eigenvalue weighted by molar-refractivity contribution is 5.73. The van der Waals surface area contributed by atoms with Crippen molar-refractivity contribution in [2.24, 2.45) is 5.16 Å². The van der Waals surface area contributed by atoms with E-state index in [-0.39, 0.29) is 6.42 Å². The molecular formula is C29H50N2O22. The molecule has 18 atom stereocenters. The van der Waals surface area contributed by atoms with Gasteiger partial charge < -0.3 is 105 Å². The molecule has 3 fully saturated rings. The summed E-state index contributed by atoms with van der Waals surface area (Å²) in [5.41, 5.74) is 0. The number of oxime groups is 1. The van der Waals surface area contributed by atoms with Crippen molar-refractivity contribution in [2.45, 2.75) is 124 Å². The van der Waals surface area contributed by atoms with Crippen molar-refractivity contribution >= 4 is 18.1 Å². The van der Waals surface area contributed by atoms with Crippen LogP contribution in [0.25, 0.3) is 0 Å². The smallest absolute Gasteiger partial charge is 0.346 e. The van der Waals surface area contributed by atoms with Gasteiger partial charge in [0.25, 0.3) is 0 Å². The highest BCUT2D eigenvalue weighted by atomic mass is 16.8. The third-order valence-electron chi connectivity index (χ3n) is 8.63. The molecular weight excluding hydrogens is 728 g/mol. The van der Waals surface area contributed by atoms with Gasteiger partial charge in [0, 0.05) is 13.5 Å². The lowest BCUT2D eigenvalue weighted by Crippen LogP contribution is -2.69. The number of amides is 1. The van der Waals surface area contributed by atoms with Gasteiger partial charge in [-0.15, -0.1) is 0 Å². The minimum absolute atomic E-state index is 0.379. The van der Waals surface area contributed by atoms with Crippen molar-refractivity contribution in [1.82, 2.24) is 5.32 Å². The molecule has 13 N–H and O–H groups in total. The molecule has 3 aliphatic rings. The van der Waals surface area contributed by atoms with Gasteiger partial charge in [-0.1, -0.05) is 5.16 Å². The molecule has 3 rings (SSSR count). The molecule has 0 aliphatic carbocycles. The molecule has 0 bridgehead atoms. The van der Waals surface area contributed by atoms with E-state index in [1.807, 2.05) is 0 Å². The van der Waals surface area contributed by atoms with Crippen molar-refractivity contribution in [1.29, 1.82) is 0 Å². The van der Waals surface area contributed by atoms with E-state index in [0.717, 1.165) is 14.0 Å². The largest absolute Gasteiger partial charge is 0.466 e. The van der Waals surface area contributed by atoms with Crippen LogP contribution in [-0.4, -0.2) is 230 Å². The Bertz CT molecular complexity index is 1150. The van der Waals surface area contributed by atoms with Crippen LogP contribution in [-0.2, 0) is 47.6 Å². The number of ether oxygens (including phenoxy) is 7. The Kier molecular flexibility index (Phi) is 18.0. The van der Waals surface area contributed by atoms with Crippen molar-refractivity contribution < 1.29 is 109 Å². The van der Waals surface area contributed by atoms with Crippen LogP contribution in [0.2, 0.25) is 0 Å². The zero-order valence-corrected chi connectivity index (χ0v) is 28.6. The fourth-order valence-electron chi connectivity index (χ4n) is 5.74. The first-order valence-electron chi connectivity index (χ1n) is 16.4. The number of carbonyl (C=O) groups excluding carboxylic acids is 2. The van der Waals surface area contributed by atoms with Crippen LogP contribution in [0.4, 0.5) is 0 Å². The molecule has 11 unspecified atom stereocenters. The molecule has 24 nitrogen and oxygen atoms in total. The summed E-state index contributed by atoms with van der Waals surface area (Å²) in [5, 5.41) is 130. The van der Waals surface area contributed by atoms with E-state index in [4.69, 9.17) is 28.4 Å². The number of hydrogen-bond acceptors (Lipinski definition) is 23. The summed E-state index contributed by atoms with van der Waals surface area (Å²) < 4.78 is 38.1. The van der Waals surface area contributed by atoms with E-state index in [9.17, 15) is 70.9 Å². The maximum absolute atomic E-state index is 12.2. The third-order valence-corrected chi connectivity index (χ3v) is 8.63. The molecule has 3 aliphatic heterocycles. The number of rotatable bonds is 18. The average Bonchev–Trinajstić information content (AvgIpc) is 3.14. The second-order valence-corrected chi connectivity index (χ2v) is 12.3. The first-order valence-corrected chi connectivity index (χ1v) is 16.4. The fraction of sp³-hybridized carbons (Fsp3) is 0.897. The van der Waals surface area contributed by atoms with Gasteiger partial charge in [0.05, 0.1) is 39.2 Å². The Morgan fingerprint density at radius 3 is 1.92 bits per heavy atom. The number of esters is 1. The predicted molar refractivity (Wildman–Crippen MR) is 166 cm³/mol. The number of methoxy groups -OCH3 is 1. The summed E-state index contributed by atoms with van der Waals surface area (Å²) >= 11 is 0. The average molecular weight is 779 g/mol. The minimum Gasteiger partial charge on any atom is -0.466 e. The summed E-state index contributed by atoms with van der Waals surface area (Å²) in [5.74, 6) is -1.55. The Balaban J connectivity index is 1.82. The molecule has 0 radical (unpaired) electrons. The van der Waals surface area contributed by atoms with Crippen molar-refractivity contribution in [2.75, 3.05) is 40.1 Å². The molecule has 0 saturated carbocycles. The Labute approximate surface area is 301 Å². The van der Waals surface area contributed by atoms with Crippen molar-refractivity contribution in [3.8, 4) is 0 Å². The van der Waals surface area contributed by atoms with E-state index in [1.54, 1.807) is 0 Å². The Hall–Kier alpha value is -2.31. The van der Waals surface area contributed by atoms with Crippen LogP contribution in [0.15, 0.2) is 5.16 Å². The Morgan fingerprint density at radius 1 is 0.755 bits per heavy atom. The first-order chi connectivity index (χ1) is 25.1. The summed E-state index contributed by atoms with van der Waals surface area (Å²) in [4.78, 5) is 28.0. The summed E-state index contributed by atoms with van der Waals surface area (Å²) in [7, 11) is 1.10. The number of aliphatic hydroxyl groups excluding tert-OH is 12. The van der Waals surface area contributed by atoms with Crippen LogP contribution in [0.3, 0.4) is 0 Å². The molecule has 0 aromatic carbocycles. The zero-order chi connectivity index (χ0) is 39.6. The van der Waals surface area contributed by atoms with Crippen LogP contribution in [0.1, 0.15) is 13.3 Å². The molecule has 0 aromatic rings. The lowest BCUT2D eigenvalue weighted by atomic mass is 9.94. The molecule has 308 valence electrons. The summed E-state index contributed by atoms with van der Waals surface area (Å²) in [6.07, 6.45) is -29.7. The van der Waals surface area contributed by atoms with Crippen LogP contribution >= 0.6 is 0 Å². The van der Waals surface area contributed by atoms with Gasteiger partial charge in [-0.3, -0.25) is 4.79 Å². The zero-order valence-electron chi connectivity index (χ0n) is 28.6. The van der Waals surface area contributed by atoms with Gasteiger partial charge in [0.15, 0.2) is 18.9 Å². The molecule has 53 heavy (non-hydrogen) atoms. The SMILES string of the molecule is COC(=O)CO/N=C/C(O)C(O)[C@@H](CCO)O[C@@H]1OC(CO)[C@H](O)C(O[C@@H]2OC(CO)[C@@H](O[C@@H]3OC(CO)[C@H](O)C(O)C3O)C(O)C2NC(C)=O)C1O. The third kappa shape index (κ3) is 11.4. The number of aliphatic hydroxyl groups is 12. The Morgan fingerprint density at radius 2 is 1.34 bits per heavy atom. The van der Waals surface area contributed by atoms with E-state index >= 15 is 0 Å². The highest BCUT2D eigenvalue weighted by Crippen LogP contribution is 2.33. The van der Waals surface area contributed by atoms with E-state index in [1.165, 1.54) is 0 Å². The van der Waals surface area contributed by atoms with E-state index in [2.05, 4.69) is 20.0 Å². The molecule has 24 heteroatoms. The molecule has 0 aromatic heterocycles. The van der Waals surface area contributed by atoms with Crippen molar-refractivity contribution in [3.05, 3.63) is 0 Å². The number of carbonyl (C=O) groups is 2. The van der Waals surface area contributed by atoms with Gasteiger partial charge in [-0.2, -0.15) is 0 Å². The molecule has 0 spiro atoms. The normalized spacial score (nSPS) is 39.6.